The van der Waals surface area contributed by atoms with Crippen LogP contribution in [-0.4, -0.2) is 36.7 Å². The van der Waals surface area contributed by atoms with Crippen molar-refractivity contribution in [2.75, 3.05) is 24.7 Å². The maximum absolute atomic E-state index is 12.9. The molecule has 1 heterocycles. The van der Waals surface area contributed by atoms with Crippen LogP contribution in [0.5, 0.6) is 0 Å². The molecule has 1 aliphatic rings. The van der Waals surface area contributed by atoms with E-state index in [0.29, 0.717) is 0 Å². The zero-order chi connectivity index (χ0) is 17.1. The summed E-state index contributed by atoms with van der Waals surface area (Å²) in [7, 11) is 2.02. The quantitative estimate of drug-likeness (QED) is 0.773. The lowest BCUT2D eigenvalue weighted by molar-refractivity contribution is -0.122. The van der Waals surface area contributed by atoms with Gasteiger partial charge in [0.15, 0.2) is 0 Å². The molecule has 2 aromatic carbocycles. The topological polar surface area (TPSA) is 23.6 Å². The highest BCUT2D eigenvalue weighted by atomic mass is 32.2. The number of likely N-dealkylation sites (N-methyl/N-ethyl adjacent to an activating group) is 1. The molecule has 0 fully saturated rings. The van der Waals surface area contributed by atoms with Crippen LogP contribution in [0, 0.1) is 0 Å². The summed E-state index contributed by atoms with van der Waals surface area (Å²) in [5, 5.41) is 0. The highest BCUT2D eigenvalue weighted by Crippen LogP contribution is 2.28. The summed E-state index contributed by atoms with van der Waals surface area (Å²) < 4.78 is 0. The maximum Gasteiger partial charge on any atom is 0.244 e. The Morgan fingerprint density at radius 2 is 1.92 bits per heavy atom. The van der Waals surface area contributed by atoms with Crippen molar-refractivity contribution in [3.8, 4) is 0 Å². The van der Waals surface area contributed by atoms with Crippen LogP contribution in [0.1, 0.15) is 18.1 Å². The fourth-order valence-electron chi connectivity index (χ4n) is 3.14. The first-order valence-corrected chi connectivity index (χ1v) is 9.55. The average Bonchev–Trinajstić information content (AvgIpc) is 3.05. The minimum Gasteiger partial charge on any atom is -0.310 e. The molecule has 0 radical (unpaired) electrons. The minimum absolute atomic E-state index is 0.142. The number of carbonyl (C=O) groups excluding carboxylic acids is 1. The Kier molecular flexibility index (Phi) is 5.27. The van der Waals surface area contributed by atoms with Gasteiger partial charge in [-0.2, -0.15) is 0 Å². The molecule has 3 rings (SSSR count). The van der Waals surface area contributed by atoms with Gasteiger partial charge in [-0.3, -0.25) is 9.69 Å². The van der Waals surface area contributed by atoms with E-state index in [9.17, 15) is 4.79 Å². The molecule has 0 spiro atoms. The van der Waals surface area contributed by atoms with Crippen molar-refractivity contribution < 1.29 is 4.79 Å². The number of thioether (sulfide) groups is 1. The lowest BCUT2D eigenvalue weighted by Gasteiger charge is -2.28. The molecule has 0 saturated heterocycles. The predicted octanol–water partition coefficient (Wildman–Crippen LogP) is 3.82. The van der Waals surface area contributed by atoms with Crippen LogP contribution in [0.25, 0.3) is 0 Å². The molecule has 0 aliphatic carbocycles. The summed E-state index contributed by atoms with van der Waals surface area (Å²) in [6.07, 6.45) is 3.03. The van der Waals surface area contributed by atoms with Crippen LogP contribution in [-0.2, 0) is 17.8 Å². The third-order valence-corrected chi connectivity index (χ3v) is 5.51. The average molecular weight is 340 g/mol. The zero-order valence-electron chi connectivity index (χ0n) is 14.5. The van der Waals surface area contributed by atoms with Crippen molar-refractivity contribution in [2.24, 2.45) is 0 Å². The van der Waals surface area contributed by atoms with Crippen LogP contribution in [0.4, 0.5) is 5.69 Å². The smallest absolute Gasteiger partial charge is 0.244 e. The number of carbonyl (C=O) groups is 1. The Hall–Kier alpha value is -1.78. The summed E-state index contributed by atoms with van der Waals surface area (Å²) in [6.45, 7) is 3.56. The molecule has 0 aromatic heterocycles. The number of para-hydroxylation sites is 1. The van der Waals surface area contributed by atoms with Gasteiger partial charge in [-0.1, -0.05) is 30.3 Å². The number of fused-ring (bicyclic) bond motifs is 1. The second kappa shape index (κ2) is 7.41. The van der Waals surface area contributed by atoms with E-state index in [1.54, 1.807) is 11.8 Å². The molecule has 1 aliphatic heterocycles. The van der Waals surface area contributed by atoms with Gasteiger partial charge >= 0.3 is 0 Å². The minimum atomic E-state index is -0.142. The summed E-state index contributed by atoms with van der Waals surface area (Å²) >= 11 is 1.74. The molecule has 2 aromatic rings. The van der Waals surface area contributed by atoms with Gasteiger partial charge in [0.2, 0.25) is 5.91 Å². The third-order valence-electron chi connectivity index (χ3n) is 4.76. The molecule has 0 unspecified atom stereocenters. The second-order valence-electron chi connectivity index (χ2n) is 6.31. The molecule has 1 atom stereocenters. The van der Waals surface area contributed by atoms with Gasteiger partial charge in [0.05, 0.1) is 6.04 Å². The molecule has 3 nitrogen and oxygen atoms in total. The highest BCUT2D eigenvalue weighted by molar-refractivity contribution is 7.98. The standard InChI is InChI=1S/C20H24N2OS/c1-15(21(2)14-16-8-10-18(24-3)11-9-16)20(23)22-13-12-17-6-4-5-7-19(17)22/h4-11,15H,12-14H2,1-3H3/t15-/m0/s1. The number of nitrogens with zero attached hydrogens (tertiary/aromatic N) is 2. The van der Waals surface area contributed by atoms with Crippen LogP contribution in [0.15, 0.2) is 53.4 Å². The monoisotopic (exact) mass is 340 g/mol. The Morgan fingerprint density at radius 1 is 1.21 bits per heavy atom. The second-order valence-corrected chi connectivity index (χ2v) is 7.19. The third kappa shape index (κ3) is 3.50. The number of amides is 1. The van der Waals surface area contributed by atoms with Gasteiger partial charge in [0.25, 0.3) is 0 Å². The van der Waals surface area contributed by atoms with Gasteiger partial charge in [0, 0.05) is 23.7 Å². The summed E-state index contributed by atoms with van der Waals surface area (Å²) in [5.41, 5.74) is 3.58. The largest absolute Gasteiger partial charge is 0.310 e. The fourth-order valence-corrected chi connectivity index (χ4v) is 3.55. The Morgan fingerprint density at radius 3 is 2.62 bits per heavy atom. The van der Waals surface area contributed by atoms with Crippen LogP contribution >= 0.6 is 11.8 Å². The lowest BCUT2D eigenvalue weighted by atomic mass is 10.1. The first-order chi connectivity index (χ1) is 11.6. The first kappa shape index (κ1) is 17.1. The van der Waals surface area contributed by atoms with E-state index < -0.39 is 0 Å². The predicted molar refractivity (Wildman–Crippen MR) is 102 cm³/mol. The molecule has 0 bridgehead atoms. The van der Waals surface area contributed by atoms with Gasteiger partial charge in [-0.25, -0.2) is 0 Å². The van der Waals surface area contributed by atoms with E-state index in [4.69, 9.17) is 0 Å². The van der Waals surface area contributed by atoms with E-state index in [0.717, 1.165) is 25.2 Å². The number of hydrogen-bond acceptors (Lipinski definition) is 3. The molecular formula is C20H24N2OS. The summed E-state index contributed by atoms with van der Waals surface area (Å²) in [4.78, 5) is 18.2. The van der Waals surface area contributed by atoms with E-state index in [1.165, 1.54) is 16.0 Å². The number of benzene rings is 2. The fraction of sp³-hybridized carbons (Fsp3) is 0.350. The molecule has 4 heteroatoms. The Bertz CT molecular complexity index is 714. The van der Waals surface area contributed by atoms with Gasteiger partial charge in [0.1, 0.15) is 0 Å². The van der Waals surface area contributed by atoms with Crippen molar-refractivity contribution in [3.63, 3.8) is 0 Å². The van der Waals surface area contributed by atoms with Crippen molar-refractivity contribution >= 4 is 23.4 Å². The zero-order valence-corrected chi connectivity index (χ0v) is 15.3. The van der Waals surface area contributed by atoms with Crippen LogP contribution < -0.4 is 4.90 Å². The molecule has 1 amide bonds. The Balaban J connectivity index is 1.67. The SMILES string of the molecule is CSc1ccc(CN(C)[C@@H](C)C(=O)N2CCc3ccccc32)cc1. The maximum atomic E-state index is 12.9. The Labute approximate surface area is 148 Å². The lowest BCUT2D eigenvalue weighted by Crippen LogP contribution is -2.45. The van der Waals surface area contributed by atoms with Crippen LogP contribution in [0.3, 0.4) is 0 Å². The van der Waals surface area contributed by atoms with Gasteiger partial charge < -0.3 is 4.90 Å². The highest BCUT2D eigenvalue weighted by Gasteiger charge is 2.29. The summed E-state index contributed by atoms with van der Waals surface area (Å²) in [6, 6.07) is 16.6. The summed E-state index contributed by atoms with van der Waals surface area (Å²) in [5.74, 6) is 0.184. The van der Waals surface area contributed by atoms with Crippen molar-refractivity contribution in [1.29, 1.82) is 0 Å². The number of anilines is 1. The van der Waals surface area contributed by atoms with Crippen LogP contribution in [0.2, 0.25) is 0 Å². The molecule has 126 valence electrons. The van der Waals surface area contributed by atoms with Gasteiger partial charge in [-0.05, 0) is 56.0 Å². The first-order valence-electron chi connectivity index (χ1n) is 8.32. The van der Waals surface area contributed by atoms with Crippen molar-refractivity contribution in [2.45, 2.75) is 30.8 Å². The van der Waals surface area contributed by atoms with Gasteiger partial charge in [-0.15, -0.1) is 11.8 Å². The van der Waals surface area contributed by atoms with E-state index in [-0.39, 0.29) is 11.9 Å². The molecule has 0 saturated carbocycles. The molecule has 0 N–H and O–H groups in total. The van der Waals surface area contributed by atoms with E-state index in [2.05, 4.69) is 41.5 Å². The normalized spacial score (nSPS) is 14.8. The van der Waals surface area contributed by atoms with E-state index in [1.807, 2.05) is 37.1 Å². The molecular weight excluding hydrogens is 316 g/mol. The van der Waals surface area contributed by atoms with E-state index >= 15 is 0 Å². The molecule has 24 heavy (non-hydrogen) atoms. The number of hydrogen-bond donors (Lipinski definition) is 0. The van der Waals surface area contributed by atoms with Crippen molar-refractivity contribution in [1.82, 2.24) is 4.90 Å². The number of rotatable bonds is 5. The van der Waals surface area contributed by atoms with Crippen molar-refractivity contribution in [3.05, 3.63) is 59.7 Å².